The second-order valence-corrected chi connectivity index (χ2v) is 8.47. The van der Waals surface area contributed by atoms with Crippen LogP contribution >= 0.6 is 0 Å². The number of carboxylic acid groups (broad SMARTS) is 1. The first-order chi connectivity index (χ1) is 15.9. The Morgan fingerprint density at radius 2 is 2.03 bits per heavy atom. The fourth-order valence-electron chi connectivity index (χ4n) is 4.43. The second-order valence-electron chi connectivity index (χ2n) is 8.47. The molecule has 2 heterocycles. The zero-order chi connectivity index (χ0) is 23.4. The van der Waals surface area contributed by atoms with Gasteiger partial charge in [0.25, 0.3) is 0 Å². The molecule has 4 rings (SSSR count). The van der Waals surface area contributed by atoms with Gasteiger partial charge in [0.05, 0.1) is 29.9 Å². The third-order valence-corrected chi connectivity index (χ3v) is 6.33. The molecule has 7 heteroatoms. The number of carboxylic acids is 1. The van der Waals surface area contributed by atoms with Crippen LogP contribution in [0.4, 0.5) is 15.9 Å². The van der Waals surface area contributed by atoms with Crippen LogP contribution in [0.25, 0.3) is 0 Å². The number of nitrogens with one attached hydrogen (secondary N) is 3. The minimum Gasteiger partial charge on any atom is -0.481 e. The van der Waals surface area contributed by atoms with Crippen molar-refractivity contribution in [2.45, 2.75) is 38.3 Å². The molecule has 2 aromatic carbocycles. The number of halogens is 1. The van der Waals surface area contributed by atoms with Crippen LogP contribution in [-0.4, -0.2) is 35.2 Å². The summed E-state index contributed by atoms with van der Waals surface area (Å²) in [4.78, 5) is 15.7. The first-order valence-electron chi connectivity index (χ1n) is 11.2. The van der Waals surface area contributed by atoms with Crippen LogP contribution in [0.2, 0.25) is 0 Å². The Morgan fingerprint density at radius 3 is 2.79 bits per heavy atom. The third-order valence-electron chi connectivity index (χ3n) is 6.33. The largest absolute Gasteiger partial charge is 0.481 e. The normalized spacial score (nSPS) is 16.8. The first kappa shape index (κ1) is 22.7. The minimum absolute atomic E-state index is 0.000125. The Morgan fingerprint density at radius 1 is 1.24 bits per heavy atom. The highest BCUT2D eigenvalue weighted by Crippen LogP contribution is 2.29. The summed E-state index contributed by atoms with van der Waals surface area (Å²) in [6.07, 6.45) is 1.99. The number of hydrogen-bond donors (Lipinski definition) is 4. The van der Waals surface area contributed by atoms with Crippen molar-refractivity contribution in [2.75, 3.05) is 23.7 Å². The van der Waals surface area contributed by atoms with Gasteiger partial charge in [-0.2, -0.15) is 0 Å². The SMILES string of the molecule is Cc1c(CCN[C@H](c2ccccc2)[C@H]2CNc3cc(F)cnc3N2)cccc1[C@@H](C)C(=O)O. The molecule has 1 aromatic heterocycles. The quantitative estimate of drug-likeness (QED) is 0.406. The number of fused-ring (bicyclic) bond motifs is 1. The van der Waals surface area contributed by atoms with Crippen molar-refractivity contribution in [2.24, 2.45) is 0 Å². The van der Waals surface area contributed by atoms with Gasteiger partial charge in [-0.15, -0.1) is 0 Å². The van der Waals surface area contributed by atoms with Crippen LogP contribution in [0.15, 0.2) is 60.8 Å². The van der Waals surface area contributed by atoms with Crippen molar-refractivity contribution in [1.29, 1.82) is 0 Å². The van der Waals surface area contributed by atoms with Crippen molar-refractivity contribution >= 4 is 17.5 Å². The van der Waals surface area contributed by atoms with E-state index in [4.69, 9.17) is 0 Å². The van der Waals surface area contributed by atoms with Crippen molar-refractivity contribution in [3.8, 4) is 0 Å². The number of aromatic nitrogens is 1. The maximum Gasteiger partial charge on any atom is 0.310 e. The van der Waals surface area contributed by atoms with Gasteiger partial charge in [-0.25, -0.2) is 9.37 Å². The van der Waals surface area contributed by atoms with Gasteiger partial charge >= 0.3 is 5.97 Å². The van der Waals surface area contributed by atoms with E-state index in [0.717, 1.165) is 28.7 Å². The minimum atomic E-state index is -0.817. The predicted molar refractivity (Wildman–Crippen MR) is 128 cm³/mol. The Balaban J connectivity index is 1.49. The summed E-state index contributed by atoms with van der Waals surface area (Å²) in [6, 6.07) is 17.5. The van der Waals surface area contributed by atoms with Gasteiger partial charge in [0.2, 0.25) is 0 Å². The number of aliphatic carboxylic acids is 1. The highest BCUT2D eigenvalue weighted by molar-refractivity contribution is 5.76. The summed E-state index contributed by atoms with van der Waals surface area (Å²) in [7, 11) is 0. The maximum absolute atomic E-state index is 13.5. The molecule has 0 aliphatic carbocycles. The number of benzene rings is 2. The lowest BCUT2D eigenvalue weighted by Crippen LogP contribution is -2.44. The van der Waals surface area contributed by atoms with E-state index >= 15 is 0 Å². The van der Waals surface area contributed by atoms with Gasteiger partial charge in [0.15, 0.2) is 0 Å². The smallest absolute Gasteiger partial charge is 0.310 e. The van der Waals surface area contributed by atoms with E-state index in [1.807, 2.05) is 37.3 Å². The molecular formula is C26H29FN4O2. The fourth-order valence-corrected chi connectivity index (χ4v) is 4.43. The fraction of sp³-hybridized carbons (Fsp3) is 0.308. The van der Waals surface area contributed by atoms with Gasteiger partial charge in [0.1, 0.15) is 11.6 Å². The standard InChI is InChI=1S/C26H29FN4O2/c1-16-18(9-6-10-21(16)17(2)26(32)33)11-12-28-24(19-7-4-3-5-8-19)23-15-29-22-13-20(27)14-30-25(22)31-23/h3-10,13-14,17,23-24,28-29H,11-12,15H2,1-2H3,(H,30,31)(H,32,33)/t17-,23-,24-/m1/s1. The number of nitrogens with zero attached hydrogens (tertiary/aromatic N) is 1. The van der Waals surface area contributed by atoms with E-state index in [2.05, 4.69) is 39.1 Å². The predicted octanol–water partition coefficient (Wildman–Crippen LogP) is 4.50. The van der Waals surface area contributed by atoms with Crippen molar-refractivity contribution < 1.29 is 14.3 Å². The molecule has 0 radical (unpaired) electrons. The molecule has 1 aliphatic heterocycles. The molecule has 1 aliphatic rings. The molecule has 0 saturated heterocycles. The Kier molecular flexibility index (Phi) is 6.89. The summed E-state index contributed by atoms with van der Waals surface area (Å²) in [6.45, 7) is 5.05. The van der Waals surface area contributed by atoms with E-state index < -0.39 is 11.9 Å². The van der Waals surface area contributed by atoms with Gasteiger partial charge in [-0.3, -0.25) is 4.79 Å². The van der Waals surface area contributed by atoms with Crippen molar-refractivity contribution in [3.63, 3.8) is 0 Å². The van der Waals surface area contributed by atoms with E-state index in [1.54, 1.807) is 6.92 Å². The van der Waals surface area contributed by atoms with Crippen molar-refractivity contribution in [3.05, 3.63) is 88.9 Å². The summed E-state index contributed by atoms with van der Waals surface area (Å²) < 4.78 is 13.5. The Labute approximate surface area is 193 Å². The van der Waals surface area contributed by atoms with Crippen LogP contribution in [0.5, 0.6) is 0 Å². The highest BCUT2D eigenvalue weighted by Gasteiger charge is 2.27. The molecule has 0 saturated carbocycles. The molecular weight excluding hydrogens is 419 g/mol. The second kappa shape index (κ2) is 10.0. The molecule has 0 fully saturated rings. The van der Waals surface area contributed by atoms with Crippen LogP contribution in [-0.2, 0) is 11.2 Å². The molecule has 3 atom stereocenters. The summed E-state index contributed by atoms with van der Waals surface area (Å²) in [5, 5.41) is 19.8. The number of pyridine rings is 1. The molecule has 6 nitrogen and oxygen atoms in total. The monoisotopic (exact) mass is 448 g/mol. The number of rotatable bonds is 8. The molecule has 3 aromatic rings. The molecule has 4 N–H and O–H groups in total. The van der Waals surface area contributed by atoms with E-state index in [1.165, 1.54) is 12.3 Å². The lowest BCUT2D eigenvalue weighted by Gasteiger charge is -2.34. The summed E-state index contributed by atoms with van der Waals surface area (Å²) in [5.74, 6) is -1.08. The zero-order valence-corrected chi connectivity index (χ0v) is 18.8. The summed E-state index contributed by atoms with van der Waals surface area (Å²) >= 11 is 0. The molecule has 0 spiro atoms. The zero-order valence-electron chi connectivity index (χ0n) is 18.8. The lowest BCUT2D eigenvalue weighted by atomic mass is 9.92. The Hall–Kier alpha value is -3.45. The lowest BCUT2D eigenvalue weighted by molar-refractivity contribution is -0.138. The van der Waals surface area contributed by atoms with Crippen LogP contribution in [0.1, 0.15) is 41.1 Å². The molecule has 0 bridgehead atoms. The topological polar surface area (TPSA) is 86.3 Å². The average Bonchev–Trinajstić information content (AvgIpc) is 2.82. The van der Waals surface area contributed by atoms with Gasteiger partial charge in [-0.05, 0) is 49.1 Å². The maximum atomic E-state index is 13.5. The number of hydrogen-bond acceptors (Lipinski definition) is 5. The Bertz CT molecular complexity index is 1120. The average molecular weight is 449 g/mol. The molecule has 0 unspecified atom stereocenters. The first-order valence-corrected chi connectivity index (χ1v) is 11.2. The third kappa shape index (κ3) is 5.14. The van der Waals surface area contributed by atoms with Crippen LogP contribution < -0.4 is 16.0 Å². The van der Waals surface area contributed by atoms with E-state index in [9.17, 15) is 14.3 Å². The van der Waals surface area contributed by atoms with Crippen molar-refractivity contribution in [1.82, 2.24) is 10.3 Å². The van der Waals surface area contributed by atoms with Gasteiger partial charge in [0, 0.05) is 12.6 Å². The van der Waals surface area contributed by atoms with Crippen LogP contribution in [0.3, 0.4) is 0 Å². The molecule has 172 valence electrons. The van der Waals surface area contributed by atoms with Gasteiger partial charge in [-0.1, -0.05) is 48.5 Å². The van der Waals surface area contributed by atoms with E-state index in [0.29, 0.717) is 24.6 Å². The number of anilines is 2. The van der Waals surface area contributed by atoms with E-state index in [-0.39, 0.29) is 17.9 Å². The van der Waals surface area contributed by atoms with Crippen LogP contribution in [0, 0.1) is 12.7 Å². The summed E-state index contributed by atoms with van der Waals surface area (Å²) in [5.41, 5.74) is 4.83. The van der Waals surface area contributed by atoms with Gasteiger partial charge < -0.3 is 21.1 Å². The molecule has 33 heavy (non-hydrogen) atoms. The molecule has 0 amide bonds. The highest BCUT2D eigenvalue weighted by atomic mass is 19.1. The number of carbonyl (C=O) groups is 1.